The molecule has 0 atom stereocenters. The number of phenolic OH excluding ortho intramolecular Hbond substituents is 1. The van der Waals surface area contributed by atoms with Gasteiger partial charge in [0, 0.05) is 13.1 Å². The Morgan fingerprint density at radius 1 is 0.810 bits per heavy atom. The molecule has 0 unspecified atom stereocenters. The summed E-state index contributed by atoms with van der Waals surface area (Å²) >= 11 is 0. The molecule has 0 fully saturated rings. The van der Waals surface area contributed by atoms with Crippen LogP contribution < -0.4 is 10.6 Å². The van der Waals surface area contributed by atoms with Crippen LogP contribution in [-0.2, 0) is 0 Å². The van der Waals surface area contributed by atoms with Gasteiger partial charge in [-0.3, -0.25) is 0 Å². The maximum Gasteiger partial charge on any atom is 0.140 e. The Kier molecular flexibility index (Phi) is 9.51. The first-order valence-corrected chi connectivity index (χ1v) is 8.59. The molecular formula is C18H32N2O. The predicted molar refractivity (Wildman–Crippen MR) is 93.4 cm³/mol. The van der Waals surface area contributed by atoms with E-state index in [0.29, 0.717) is 5.75 Å². The Balaban J connectivity index is 2.41. The number of hydrogen-bond donors (Lipinski definition) is 3. The number of rotatable bonds is 12. The van der Waals surface area contributed by atoms with Crippen LogP contribution in [0.15, 0.2) is 18.2 Å². The molecule has 3 heteroatoms. The van der Waals surface area contributed by atoms with Crippen LogP contribution in [0.25, 0.3) is 0 Å². The molecule has 0 aliphatic carbocycles. The lowest BCUT2D eigenvalue weighted by Gasteiger charge is -2.15. The van der Waals surface area contributed by atoms with Crippen LogP contribution in [0.3, 0.4) is 0 Å². The Morgan fingerprint density at radius 2 is 1.43 bits per heavy atom. The van der Waals surface area contributed by atoms with Gasteiger partial charge in [0.2, 0.25) is 0 Å². The molecule has 0 heterocycles. The average molecular weight is 292 g/mol. The summed E-state index contributed by atoms with van der Waals surface area (Å²) in [6.07, 6.45) is 9.93. The minimum absolute atomic E-state index is 0.337. The summed E-state index contributed by atoms with van der Waals surface area (Å²) in [4.78, 5) is 0. The molecule has 0 spiro atoms. The van der Waals surface area contributed by atoms with E-state index in [0.717, 1.165) is 30.9 Å². The standard InChI is InChI=1S/C18H32N2O/c1-3-5-7-9-14-19-16-12-11-13-17(21)18(16)20-15-10-8-6-4-2/h11-13,19-21H,3-10,14-15H2,1-2H3. The number of hydrogen-bond acceptors (Lipinski definition) is 3. The van der Waals surface area contributed by atoms with Crippen molar-refractivity contribution in [3.63, 3.8) is 0 Å². The lowest BCUT2D eigenvalue weighted by molar-refractivity contribution is 0.477. The van der Waals surface area contributed by atoms with Crippen LogP contribution in [0.2, 0.25) is 0 Å². The fourth-order valence-corrected chi connectivity index (χ4v) is 2.41. The van der Waals surface area contributed by atoms with E-state index in [1.807, 2.05) is 12.1 Å². The number of para-hydroxylation sites is 1. The third-order valence-electron chi connectivity index (χ3n) is 3.72. The topological polar surface area (TPSA) is 44.3 Å². The van der Waals surface area contributed by atoms with Crippen molar-refractivity contribution >= 4 is 11.4 Å². The van der Waals surface area contributed by atoms with E-state index < -0.39 is 0 Å². The first-order chi connectivity index (χ1) is 10.3. The third-order valence-corrected chi connectivity index (χ3v) is 3.72. The largest absolute Gasteiger partial charge is 0.506 e. The van der Waals surface area contributed by atoms with Gasteiger partial charge in [-0.05, 0) is 25.0 Å². The van der Waals surface area contributed by atoms with Crippen molar-refractivity contribution in [1.29, 1.82) is 0 Å². The van der Waals surface area contributed by atoms with Crippen molar-refractivity contribution in [1.82, 2.24) is 0 Å². The molecular weight excluding hydrogens is 260 g/mol. The minimum atomic E-state index is 0.337. The number of phenols is 1. The van der Waals surface area contributed by atoms with E-state index in [1.165, 1.54) is 44.9 Å². The molecule has 0 saturated carbocycles. The molecule has 1 rings (SSSR count). The van der Waals surface area contributed by atoms with Crippen LogP contribution in [0, 0.1) is 0 Å². The molecule has 1 aromatic rings. The van der Waals surface area contributed by atoms with Gasteiger partial charge in [0.05, 0.1) is 5.69 Å². The first kappa shape index (κ1) is 17.7. The van der Waals surface area contributed by atoms with Gasteiger partial charge in [-0.1, -0.05) is 58.4 Å². The number of benzene rings is 1. The zero-order valence-electron chi connectivity index (χ0n) is 13.8. The van der Waals surface area contributed by atoms with Crippen LogP contribution in [0.1, 0.15) is 65.2 Å². The zero-order chi connectivity index (χ0) is 15.3. The summed E-state index contributed by atoms with van der Waals surface area (Å²) in [5.74, 6) is 0.337. The van der Waals surface area contributed by atoms with Crippen LogP contribution in [-0.4, -0.2) is 18.2 Å². The van der Waals surface area contributed by atoms with E-state index in [-0.39, 0.29) is 0 Å². The molecule has 0 aliphatic rings. The highest BCUT2D eigenvalue weighted by Crippen LogP contribution is 2.31. The van der Waals surface area contributed by atoms with E-state index in [2.05, 4.69) is 24.5 Å². The average Bonchev–Trinajstić information content (AvgIpc) is 2.49. The fourth-order valence-electron chi connectivity index (χ4n) is 2.41. The van der Waals surface area contributed by atoms with E-state index >= 15 is 0 Å². The normalized spacial score (nSPS) is 10.6. The maximum absolute atomic E-state index is 10.0. The highest BCUT2D eigenvalue weighted by atomic mass is 16.3. The molecule has 3 nitrogen and oxygen atoms in total. The van der Waals surface area contributed by atoms with E-state index in [4.69, 9.17) is 0 Å². The van der Waals surface area contributed by atoms with Gasteiger partial charge < -0.3 is 15.7 Å². The number of aromatic hydroxyl groups is 1. The Hall–Kier alpha value is -1.38. The van der Waals surface area contributed by atoms with Gasteiger partial charge in [-0.2, -0.15) is 0 Å². The molecule has 3 N–H and O–H groups in total. The number of anilines is 2. The SMILES string of the molecule is CCCCCCNc1cccc(O)c1NCCCCCC. The first-order valence-electron chi connectivity index (χ1n) is 8.59. The molecule has 0 aromatic heterocycles. The predicted octanol–water partition coefficient (Wildman–Crippen LogP) is 5.38. The monoisotopic (exact) mass is 292 g/mol. The van der Waals surface area contributed by atoms with Crippen molar-refractivity contribution < 1.29 is 5.11 Å². The summed E-state index contributed by atoms with van der Waals surface area (Å²) in [6, 6.07) is 5.68. The second-order valence-electron chi connectivity index (χ2n) is 5.67. The summed E-state index contributed by atoms with van der Waals surface area (Å²) in [6.45, 7) is 6.33. The van der Waals surface area contributed by atoms with Crippen molar-refractivity contribution in [2.24, 2.45) is 0 Å². The van der Waals surface area contributed by atoms with Crippen LogP contribution in [0.4, 0.5) is 11.4 Å². The van der Waals surface area contributed by atoms with Crippen LogP contribution in [0.5, 0.6) is 5.75 Å². The molecule has 0 amide bonds. The Labute approximate surface area is 130 Å². The molecule has 1 aromatic carbocycles. The smallest absolute Gasteiger partial charge is 0.140 e. The second-order valence-corrected chi connectivity index (χ2v) is 5.67. The van der Waals surface area contributed by atoms with E-state index in [1.54, 1.807) is 6.07 Å². The summed E-state index contributed by atoms with van der Waals surface area (Å²) in [7, 11) is 0. The number of nitrogens with one attached hydrogen (secondary N) is 2. The molecule has 0 radical (unpaired) electrons. The number of unbranched alkanes of at least 4 members (excludes halogenated alkanes) is 6. The quantitative estimate of drug-likeness (QED) is 0.358. The lowest BCUT2D eigenvalue weighted by Crippen LogP contribution is -2.07. The van der Waals surface area contributed by atoms with Crippen LogP contribution >= 0.6 is 0 Å². The van der Waals surface area contributed by atoms with Crippen molar-refractivity contribution in [3.05, 3.63) is 18.2 Å². The molecule has 0 saturated heterocycles. The van der Waals surface area contributed by atoms with Gasteiger partial charge in [-0.25, -0.2) is 0 Å². The molecule has 0 bridgehead atoms. The highest BCUT2D eigenvalue weighted by molar-refractivity contribution is 5.75. The maximum atomic E-state index is 10.0. The van der Waals surface area contributed by atoms with Gasteiger partial charge >= 0.3 is 0 Å². The van der Waals surface area contributed by atoms with E-state index in [9.17, 15) is 5.11 Å². The van der Waals surface area contributed by atoms with Crippen molar-refractivity contribution in [3.8, 4) is 5.75 Å². The van der Waals surface area contributed by atoms with Gasteiger partial charge in [0.15, 0.2) is 0 Å². The van der Waals surface area contributed by atoms with Crippen molar-refractivity contribution in [2.45, 2.75) is 65.2 Å². The summed E-state index contributed by atoms with van der Waals surface area (Å²) < 4.78 is 0. The molecule has 21 heavy (non-hydrogen) atoms. The Bertz CT molecular complexity index is 379. The molecule has 0 aliphatic heterocycles. The van der Waals surface area contributed by atoms with Crippen molar-refractivity contribution in [2.75, 3.05) is 23.7 Å². The van der Waals surface area contributed by atoms with Gasteiger partial charge in [0.25, 0.3) is 0 Å². The van der Waals surface area contributed by atoms with Gasteiger partial charge in [0.1, 0.15) is 11.4 Å². The fraction of sp³-hybridized carbons (Fsp3) is 0.667. The zero-order valence-corrected chi connectivity index (χ0v) is 13.8. The third kappa shape index (κ3) is 7.26. The summed E-state index contributed by atoms with van der Waals surface area (Å²) in [5.41, 5.74) is 1.87. The lowest BCUT2D eigenvalue weighted by atomic mass is 10.2. The second kappa shape index (κ2) is 11.3. The molecule has 120 valence electrons. The Morgan fingerprint density at radius 3 is 2.05 bits per heavy atom. The highest BCUT2D eigenvalue weighted by Gasteiger charge is 2.06. The van der Waals surface area contributed by atoms with Gasteiger partial charge in [-0.15, -0.1) is 0 Å². The minimum Gasteiger partial charge on any atom is -0.506 e. The summed E-state index contributed by atoms with van der Waals surface area (Å²) in [5, 5.41) is 16.9.